The molecule has 0 spiro atoms. The number of alkyl halides is 3. The van der Waals surface area contributed by atoms with Crippen LogP contribution in [0.1, 0.15) is 6.92 Å². The Morgan fingerprint density at radius 1 is 1.14 bits per heavy atom. The summed E-state index contributed by atoms with van der Waals surface area (Å²) in [5, 5.41) is 17.5. The number of rotatable bonds is 5. The SMILES string of the molecule is CC(=O)Nc1nc(-c2ccc([N+](=O)[O-])cc2)nn1-c1ccc(OC(F)(F)F)cc1. The second-order valence-electron chi connectivity index (χ2n) is 5.70. The molecule has 29 heavy (non-hydrogen) atoms. The summed E-state index contributed by atoms with van der Waals surface area (Å²) >= 11 is 0. The molecule has 0 radical (unpaired) electrons. The third-order valence-electron chi connectivity index (χ3n) is 3.55. The summed E-state index contributed by atoms with van der Waals surface area (Å²) in [6, 6.07) is 10.2. The summed E-state index contributed by atoms with van der Waals surface area (Å²) in [6.45, 7) is 1.25. The van der Waals surface area contributed by atoms with Crippen LogP contribution in [0.3, 0.4) is 0 Å². The van der Waals surface area contributed by atoms with Gasteiger partial charge in [-0.2, -0.15) is 9.67 Å². The Morgan fingerprint density at radius 2 is 1.76 bits per heavy atom. The highest BCUT2D eigenvalue weighted by Crippen LogP contribution is 2.26. The van der Waals surface area contributed by atoms with Gasteiger partial charge in [0.2, 0.25) is 11.9 Å². The predicted molar refractivity (Wildman–Crippen MR) is 94.4 cm³/mol. The minimum Gasteiger partial charge on any atom is -0.406 e. The van der Waals surface area contributed by atoms with Crippen molar-refractivity contribution in [2.24, 2.45) is 0 Å². The molecule has 0 atom stereocenters. The van der Waals surface area contributed by atoms with Gasteiger partial charge < -0.3 is 4.74 Å². The maximum absolute atomic E-state index is 12.3. The second kappa shape index (κ2) is 7.58. The average Bonchev–Trinajstić information content (AvgIpc) is 3.04. The quantitative estimate of drug-likeness (QED) is 0.510. The number of amides is 1. The van der Waals surface area contributed by atoms with Crippen molar-refractivity contribution in [1.29, 1.82) is 0 Å². The Labute approximate surface area is 160 Å². The van der Waals surface area contributed by atoms with E-state index < -0.39 is 22.9 Å². The molecule has 0 unspecified atom stereocenters. The Kier molecular flexibility index (Phi) is 5.17. The number of halogens is 3. The molecule has 0 aliphatic carbocycles. The van der Waals surface area contributed by atoms with Gasteiger partial charge in [-0.1, -0.05) is 0 Å². The molecule has 150 valence electrons. The Morgan fingerprint density at radius 3 is 2.28 bits per heavy atom. The third kappa shape index (κ3) is 4.86. The molecule has 0 bridgehead atoms. The van der Waals surface area contributed by atoms with Crippen LogP contribution >= 0.6 is 0 Å². The molecule has 3 aromatic rings. The van der Waals surface area contributed by atoms with Crippen LogP contribution in [-0.2, 0) is 4.79 Å². The van der Waals surface area contributed by atoms with Gasteiger partial charge in [0.25, 0.3) is 5.69 Å². The normalized spacial score (nSPS) is 11.2. The number of carbonyl (C=O) groups excluding carboxylic acids is 1. The highest BCUT2D eigenvalue weighted by molar-refractivity contribution is 5.87. The van der Waals surface area contributed by atoms with Crippen LogP contribution in [0.2, 0.25) is 0 Å². The lowest BCUT2D eigenvalue weighted by Gasteiger charge is -2.10. The summed E-state index contributed by atoms with van der Waals surface area (Å²) in [5.41, 5.74) is 0.637. The van der Waals surface area contributed by atoms with Crippen molar-refractivity contribution in [2.75, 3.05) is 5.32 Å². The minimum atomic E-state index is -4.82. The monoisotopic (exact) mass is 407 g/mol. The number of hydrogen-bond acceptors (Lipinski definition) is 6. The fourth-order valence-electron chi connectivity index (χ4n) is 2.37. The first-order valence-corrected chi connectivity index (χ1v) is 7.98. The number of carbonyl (C=O) groups is 1. The van der Waals surface area contributed by atoms with E-state index in [4.69, 9.17) is 0 Å². The van der Waals surface area contributed by atoms with Gasteiger partial charge in [0.05, 0.1) is 10.6 Å². The predicted octanol–water partition coefficient (Wildman–Crippen LogP) is 3.70. The number of non-ortho nitro benzene ring substituents is 1. The van der Waals surface area contributed by atoms with E-state index in [1.54, 1.807) is 0 Å². The first-order chi connectivity index (χ1) is 13.6. The van der Waals surface area contributed by atoms with E-state index in [0.29, 0.717) is 11.3 Å². The number of nitrogens with one attached hydrogen (secondary N) is 1. The zero-order chi connectivity index (χ0) is 21.2. The molecule has 0 saturated heterocycles. The molecule has 0 saturated carbocycles. The van der Waals surface area contributed by atoms with Gasteiger partial charge in [-0.15, -0.1) is 18.3 Å². The van der Waals surface area contributed by atoms with Gasteiger partial charge in [0.1, 0.15) is 5.75 Å². The molecule has 0 aliphatic heterocycles. The van der Waals surface area contributed by atoms with Crippen molar-refractivity contribution < 1.29 is 27.6 Å². The lowest BCUT2D eigenvalue weighted by Crippen LogP contribution is -2.17. The molecule has 0 aliphatic rings. The molecule has 9 nitrogen and oxygen atoms in total. The summed E-state index contributed by atoms with van der Waals surface area (Å²) in [7, 11) is 0. The molecule has 2 aromatic carbocycles. The second-order valence-corrected chi connectivity index (χ2v) is 5.70. The number of ether oxygens (including phenoxy) is 1. The Balaban J connectivity index is 1.97. The first kappa shape index (κ1) is 19.8. The van der Waals surface area contributed by atoms with E-state index in [0.717, 1.165) is 12.1 Å². The van der Waals surface area contributed by atoms with E-state index in [-0.39, 0.29) is 17.5 Å². The fraction of sp³-hybridized carbons (Fsp3) is 0.118. The first-order valence-electron chi connectivity index (χ1n) is 7.98. The third-order valence-corrected chi connectivity index (χ3v) is 3.55. The maximum Gasteiger partial charge on any atom is 0.573 e. The van der Waals surface area contributed by atoms with Crippen molar-refractivity contribution in [1.82, 2.24) is 14.8 Å². The topological polar surface area (TPSA) is 112 Å². The van der Waals surface area contributed by atoms with Gasteiger partial charge in [-0.05, 0) is 36.4 Å². The molecule has 1 N–H and O–H groups in total. The lowest BCUT2D eigenvalue weighted by atomic mass is 10.2. The van der Waals surface area contributed by atoms with Crippen LogP contribution in [0, 0.1) is 10.1 Å². The molecular formula is C17H12F3N5O4. The number of aromatic nitrogens is 3. The molecule has 1 heterocycles. The van der Waals surface area contributed by atoms with E-state index in [2.05, 4.69) is 20.1 Å². The molecule has 12 heteroatoms. The number of benzene rings is 2. The van der Waals surface area contributed by atoms with Crippen molar-refractivity contribution in [2.45, 2.75) is 13.3 Å². The smallest absolute Gasteiger partial charge is 0.406 e. The van der Waals surface area contributed by atoms with Gasteiger partial charge >= 0.3 is 6.36 Å². The highest BCUT2D eigenvalue weighted by Gasteiger charge is 2.31. The minimum absolute atomic E-state index is 0.0235. The van der Waals surface area contributed by atoms with Crippen LogP contribution < -0.4 is 10.1 Å². The largest absolute Gasteiger partial charge is 0.573 e. The number of anilines is 1. The van der Waals surface area contributed by atoms with Crippen LogP contribution in [0.15, 0.2) is 48.5 Å². The van der Waals surface area contributed by atoms with Gasteiger partial charge in [-0.3, -0.25) is 20.2 Å². The van der Waals surface area contributed by atoms with Crippen molar-refractivity contribution >= 4 is 17.5 Å². The number of nitro benzene ring substituents is 1. The molecule has 1 amide bonds. The number of hydrogen-bond donors (Lipinski definition) is 1. The average molecular weight is 407 g/mol. The van der Waals surface area contributed by atoms with E-state index in [1.807, 2.05) is 0 Å². The van der Waals surface area contributed by atoms with E-state index in [1.165, 1.54) is 48.0 Å². The van der Waals surface area contributed by atoms with Gasteiger partial charge in [0.15, 0.2) is 5.82 Å². The Bertz CT molecular complexity index is 1050. The number of nitrogens with zero attached hydrogens (tertiary/aromatic N) is 4. The zero-order valence-electron chi connectivity index (χ0n) is 14.7. The van der Waals surface area contributed by atoms with Crippen LogP contribution in [0.25, 0.3) is 17.1 Å². The Hall–Kier alpha value is -3.96. The highest BCUT2D eigenvalue weighted by atomic mass is 19.4. The molecular weight excluding hydrogens is 395 g/mol. The molecule has 1 aromatic heterocycles. The van der Waals surface area contributed by atoms with Crippen molar-refractivity contribution in [3.05, 3.63) is 58.6 Å². The molecule has 0 fully saturated rings. The summed E-state index contributed by atoms with van der Waals surface area (Å²) in [4.78, 5) is 25.9. The summed E-state index contributed by atoms with van der Waals surface area (Å²) < 4.78 is 41.9. The van der Waals surface area contributed by atoms with Crippen molar-refractivity contribution in [3.63, 3.8) is 0 Å². The standard InChI is InChI=1S/C17H12F3N5O4/c1-10(26)21-16-22-15(11-2-4-13(5-3-11)25(27)28)23-24(16)12-6-8-14(9-7-12)29-17(18,19)20/h2-9H,1H3,(H,21,22,23,26). The fourth-order valence-corrected chi connectivity index (χ4v) is 2.37. The van der Waals surface area contributed by atoms with Gasteiger partial charge in [-0.25, -0.2) is 0 Å². The van der Waals surface area contributed by atoms with Gasteiger partial charge in [0, 0.05) is 24.6 Å². The van der Waals surface area contributed by atoms with Crippen LogP contribution in [0.5, 0.6) is 5.75 Å². The van der Waals surface area contributed by atoms with Crippen LogP contribution in [-0.4, -0.2) is 32.0 Å². The van der Waals surface area contributed by atoms with E-state index in [9.17, 15) is 28.1 Å². The van der Waals surface area contributed by atoms with Crippen LogP contribution in [0.4, 0.5) is 24.8 Å². The lowest BCUT2D eigenvalue weighted by molar-refractivity contribution is -0.384. The van der Waals surface area contributed by atoms with E-state index >= 15 is 0 Å². The zero-order valence-corrected chi connectivity index (χ0v) is 14.7. The summed E-state index contributed by atoms with van der Waals surface area (Å²) in [6.07, 6.45) is -4.82. The number of nitro groups is 1. The maximum atomic E-state index is 12.3. The molecule has 3 rings (SSSR count). The summed E-state index contributed by atoms with van der Waals surface area (Å²) in [5.74, 6) is -0.682. The van der Waals surface area contributed by atoms with Crippen molar-refractivity contribution in [3.8, 4) is 22.8 Å².